The van der Waals surface area contributed by atoms with Crippen LogP contribution in [-0.4, -0.2) is 51.0 Å². The van der Waals surface area contributed by atoms with Gasteiger partial charge in [0.25, 0.3) is 0 Å². The Morgan fingerprint density at radius 2 is 2.21 bits per heavy atom. The maximum Gasteiger partial charge on any atom is 0.240 e. The van der Waals surface area contributed by atoms with Crippen LogP contribution >= 0.6 is 11.3 Å². The van der Waals surface area contributed by atoms with Gasteiger partial charge in [-0.3, -0.25) is 4.57 Å². The van der Waals surface area contributed by atoms with E-state index >= 15 is 0 Å². The predicted molar refractivity (Wildman–Crippen MR) is 103 cm³/mol. The molecule has 1 saturated heterocycles. The fraction of sp³-hybridized carbons (Fsp3) is 0.526. The molecule has 0 saturated carbocycles. The Kier molecular flexibility index (Phi) is 4.55. The monoisotopic (exact) mass is 396 g/mol. The van der Waals surface area contributed by atoms with Crippen molar-refractivity contribution >= 4 is 21.6 Å². The molecule has 0 radical (unpaired) electrons. The van der Waals surface area contributed by atoms with Crippen LogP contribution < -0.4 is 4.90 Å². The van der Waals surface area contributed by atoms with Gasteiger partial charge in [0.05, 0.1) is 18.6 Å². The number of hydrogen-bond acceptors (Lipinski definition) is 7. The summed E-state index contributed by atoms with van der Waals surface area (Å²) in [6, 6.07) is 2.13. The number of aryl methyl sites for hydroxylation is 1. The first-order valence-electron chi connectivity index (χ1n) is 9.76. The number of fused-ring (bicyclic) bond motifs is 3. The minimum atomic E-state index is 0.258. The van der Waals surface area contributed by atoms with E-state index in [1.54, 1.807) is 22.2 Å². The minimum Gasteiger partial charge on any atom is -0.370 e. The molecular formula is C19H22N7OS+. The van der Waals surface area contributed by atoms with E-state index in [0.717, 1.165) is 67.5 Å². The van der Waals surface area contributed by atoms with Gasteiger partial charge < -0.3 is 9.64 Å². The van der Waals surface area contributed by atoms with E-state index < -0.39 is 0 Å². The van der Waals surface area contributed by atoms with Gasteiger partial charge in [-0.1, -0.05) is 6.92 Å². The van der Waals surface area contributed by atoms with Crippen molar-refractivity contribution in [2.75, 3.05) is 26.3 Å². The molecule has 8 nitrogen and oxygen atoms in total. The third-order valence-corrected chi connectivity index (χ3v) is 6.81. The second-order valence-electron chi connectivity index (χ2n) is 7.67. The Bertz CT molecular complexity index is 1060. The van der Waals surface area contributed by atoms with Crippen molar-refractivity contribution in [3.8, 4) is 11.9 Å². The number of nitrogens with zero attached hydrogens (tertiary/aromatic N) is 6. The maximum absolute atomic E-state index is 9.46. The van der Waals surface area contributed by atoms with Gasteiger partial charge in [0.1, 0.15) is 36.9 Å². The number of thiophene rings is 1. The molecule has 1 fully saturated rings. The fourth-order valence-electron chi connectivity index (χ4n) is 4.15. The van der Waals surface area contributed by atoms with Gasteiger partial charge >= 0.3 is 0 Å². The highest BCUT2D eigenvalue weighted by molar-refractivity contribution is 7.18. The van der Waals surface area contributed by atoms with E-state index in [2.05, 4.69) is 23.2 Å². The molecule has 0 aromatic carbocycles. The minimum absolute atomic E-state index is 0.258. The molecule has 0 spiro atoms. The first-order chi connectivity index (χ1) is 13.7. The van der Waals surface area contributed by atoms with E-state index in [9.17, 15) is 5.26 Å². The SMILES string of the molecule is C[C@H]1CCc2c(sc3nc(C[NH+]4CCOCC4)nc(-n4cnnc4C#N)c23)C1. The summed E-state index contributed by atoms with van der Waals surface area (Å²) in [6.07, 6.45) is 4.88. The summed E-state index contributed by atoms with van der Waals surface area (Å²) in [5, 5.41) is 18.4. The zero-order valence-electron chi connectivity index (χ0n) is 15.8. The number of rotatable bonds is 3. The predicted octanol–water partition coefficient (Wildman–Crippen LogP) is 0.684. The summed E-state index contributed by atoms with van der Waals surface area (Å²) < 4.78 is 7.18. The molecule has 5 rings (SSSR count). The van der Waals surface area contributed by atoms with Crippen LogP contribution in [0.5, 0.6) is 0 Å². The molecule has 9 heteroatoms. The van der Waals surface area contributed by atoms with Crippen molar-refractivity contribution in [3.05, 3.63) is 28.4 Å². The Hall–Kier alpha value is -2.41. The number of hydrogen-bond donors (Lipinski definition) is 1. The van der Waals surface area contributed by atoms with Crippen LogP contribution in [0.4, 0.5) is 0 Å². The van der Waals surface area contributed by atoms with E-state index in [1.165, 1.54) is 21.8 Å². The van der Waals surface area contributed by atoms with Crippen LogP contribution in [0.3, 0.4) is 0 Å². The van der Waals surface area contributed by atoms with Crippen molar-refractivity contribution in [2.24, 2.45) is 5.92 Å². The van der Waals surface area contributed by atoms with Crippen molar-refractivity contribution < 1.29 is 9.64 Å². The van der Waals surface area contributed by atoms with Crippen LogP contribution in [0.15, 0.2) is 6.33 Å². The molecule has 4 heterocycles. The lowest BCUT2D eigenvalue weighted by molar-refractivity contribution is -0.922. The van der Waals surface area contributed by atoms with Crippen LogP contribution in [-0.2, 0) is 24.1 Å². The van der Waals surface area contributed by atoms with Crippen molar-refractivity contribution in [3.63, 3.8) is 0 Å². The number of aromatic nitrogens is 5. The Labute approximate surface area is 166 Å². The summed E-state index contributed by atoms with van der Waals surface area (Å²) in [5.74, 6) is 2.51. The molecule has 0 unspecified atom stereocenters. The highest BCUT2D eigenvalue weighted by Crippen LogP contribution is 2.39. The lowest BCUT2D eigenvalue weighted by Gasteiger charge is -2.23. The zero-order chi connectivity index (χ0) is 19.1. The standard InChI is InChI=1S/C19H21N7OS/c1-12-2-3-13-14(8-12)28-19-17(13)18(26-11-21-24-16(26)9-20)22-15(23-19)10-25-4-6-27-7-5-25/h11-12H,2-8,10H2,1H3/p+1/t12-/m0/s1. The van der Waals surface area contributed by atoms with Crippen LogP contribution in [0.25, 0.3) is 16.0 Å². The van der Waals surface area contributed by atoms with E-state index in [0.29, 0.717) is 5.92 Å². The molecular weight excluding hydrogens is 374 g/mol. The van der Waals surface area contributed by atoms with Crippen molar-refractivity contribution in [1.82, 2.24) is 24.7 Å². The van der Waals surface area contributed by atoms with Crippen LogP contribution in [0.2, 0.25) is 0 Å². The second-order valence-corrected chi connectivity index (χ2v) is 8.75. The Balaban J connectivity index is 1.66. The summed E-state index contributed by atoms with van der Waals surface area (Å²) in [7, 11) is 0. The van der Waals surface area contributed by atoms with Gasteiger partial charge in [-0.05, 0) is 30.7 Å². The summed E-state index contributed by atoms with van der Waals surface area (Å²) >= 11 is 1.78. The lowest BCUT2D eigenvalue weighted by Crippen LogP contribution is -3.12. The zero-order valence-corrected chi connectivity index (χ0v) is 16.6. The molecule has 1 atom stereocenters. The van der Waals surface area contributed by atoms with Gasteiger partial charge in [0, 0.05) is 4.88 Å². The molecule has 1 aliphatic carbocycles. The van der Waals surface area contributed by atoms with Crippen molar-refractivity contribution in [2.45, 2.75) is 32.7 Å². The highest BCUT2D eigenvalue weighted by atomic mass is 32.1. The molecule has 1 N–H and O–H groups in total. The molecule has 3 aromatic heterocycles. The second kappa shape index (κ2) is 7.20. The van der Waals surface area contributed by atoms with Crippen LogP contribution in [0.1, 0.15) is 35.4 Å². The molecule has 3 aromatic rings. The Morgan fingerprint density at radius 3 is 3.04 bits per heavy atom. The number of nitriles is 1. The molecule has 28 heavy (non-hydrogen) atoms. The smallest absolute Gasteiger partial charge is 0.240 e. The Morgan fingerprint density at radius 1 is 1.36 bits per heavy atom. The number of ether oxygens (including phenoxy) is 1. The number of quaternary nitrogens is 1. The van der Waals surface area contributed by atoms with Gasteiger partial charge in [0.2, 0.25) is 5.82 Å². The lowest BCUT2D eigenvalue weighted by atomic mass is 9.89. The third kappa shape index (κ3) is 3.07. The van der Waals surface area contributed by atoms with E-state index in [4.69, 9.17) is 14.7 Å². The maximum atomic E-state index is 9.46. The topological polar surface area (TPSA) is 93.9 Å². The van der Waals surface area contributed by atoms with E-state index in [1.807, 2.05) is 0 Å². The summed E-state index contributed by atoms with van der Waals surface area (Å²) in [6.45, 7) is 6.55. The first-order valence-corrected chi connectivity index (χ1v) is 10.6. The molecule has 2 aliphatic rings. The first kappa shape index (κ1) is 17.7. The normalized spacial score (nSPS) is 20.2. The molecule has 1 aliphatic heterocycles. The van der Waals surface area contributed by atoms with Crippen molar-refractivity contribution in [1.29, 1.82) is 5.26 Å². The molecule has 144 valence electrons. The number of nitrogens with one attached hydrogen (secondary N) is 1. The van der Waals surface area contributed by atoms with Gasteiger partial charge in [-0.15, -0.1) is 21.5 Å². The summed E-state index contributed by atoms with van der Waals surface area (Å²) in [4.78, 5) is 13.7. The highest BCUT2D eigenvalue weighted by Gasteiger charge is 2.26. The molecule has 0 amide bonds. The summed E-state index contributed by atoms with van der Waals surface area (Å²) in [5.41, 5.74) is 1.34. The average molecular weight is 397 g/mol. The largest absolute Gasteiger partial charge is 0.370 e. The molecule has 0 bridgehead atoms. The quantitative estimate of drug-likeness (QED) is 0.700. The van der Waals surface area contributed by atoms with E-state index in [-0.39, 0.29) is 5.82 Å². The van der Waals surface area contributed by atoms with Gasteiger partial charge in [-0.2, -0.15) is 5.26 Å². The average Bonchev–Trinajstić information content (AvgIpc) is 3.31. The number of morpholine rings is 1. The third-order valence-electron chi connectivity index (χ3n) is 5.67. The van der Waals surface area contributed by atoms with Gasteiger partial charge in [-0.25, -0.2) is 9.97 Å². The van der Waals surface area contributed by atoms with Crippen LogP contribution in [0, 0.1) is 17.2 Å². The fourth-order valence-corrected chi connectivity index (χ4v) is 5.54. The van der Waals surface area contributed by atoms with Gasteiger partial charge in [0.15, 0.2) is 11.6 Å².